The molecule has 0 bridgehead atoms. The minimum Gasteiger partial charge on any atom is -0.382 e. The van der Waals surface area contributed by atoms with Crippen LogP contribution in [0.25, 0.3) is 0 Å². The van der Waals surface area contributed by atoms with Crippen LogP contribution < -0.4 is 11.1 Å². The number of piperidine rings is 1. The molecule has 4 nitrogen and oxygen atoms in total. The molecule has 1 saturated heterocycles. The van der Waals surface area contributed by atoms with Gasteiger partial charge in [0.05, 0.1) is 0 Å². The van der Waals surface area contributed by atoms with E-state index in [0.717, 1.165) is 5.56 Å². The fourth-order valence-corrected chi connectivity index (χ4v) is 1.38. The van der Waals surface area contributed by atoms with Gasteiger partial charge < -0.3 is 11.1 Å². The van der Waals surface area contributed by atoms with Gasteiger partial charge in [-0.05, 0) is 44.5 Å². The summed E-state index contributed by atoms with van der Waals surface area (Å²) < 4.78 is 0. The average molecular weight is 229 g/mol. The van der Waals surface area contributed by atoms with E-state index in [1.807, 2.05) is 6.92 Å². The zero-order valence-electron chi connectivity index (χ0n) is 8.96. The van der Waals surface area contributed by atoms with Crippen molar-refractivity contribution < 1.29 is 0 Å². The molecule has 1 fully saturated rings. The molecular formula is C10H17ClN4. The number of hydrogen-bond donors (Lipinski definition) is 2. The van der Waals surface area contributed by atoms with Gasteiger partial charge in [-0.1, -0.05) is 18.0 Å². The Morgan fingerprint density at radius 2 is 1.93 bits per heavy atom. The molecule has 0 amide bonds. The summed E-state index contributed by atoms with van der Waals surface area (Å²) in [6, 6.07) is 1.68. The molecule has 1 aromatic rings. The van der Waals surface area contributed by atoms with E-state index < -0.39 is 0 Å². The van der Waals surface area contributed by atoms with Crippen LogP contribution in [0.1, 0.15) is 24.8 Å². The largest absolute Gasteiger partial charge is 0.382 e. The summed E-state index contributed by atoms with van der Waals surface area (Å²) in [5.41, 5.74) is 6.15. The van der Waals surface area contributed by atoms with Gasteiger partial charge in [0, 0.05) is 0 Å². The van der Waals surface area contributed by atoms with Gasteiger partial charge in [0.2, 0.25) is 0 Å². The Balaban J connectivity index is 0.000000162. The van der Waals surface area contributed by atoms with Crippen molar-refractivity contribution >= 4 is 17.4 Å². The van der Waals surface area contributed by atoms with E-state index in [1.54, 1.807) is 6.07 Å². The van der Waals surface area contributed by atoms with E-state index in [2.05, 4.69) is 15.5 Å². The molecule has 1 aliphatic heterocycles. The summed E-state index contributed by atoms with van der Waals surface area (Å²) in [6.45, 7) is 4.33. The lowest BCUT2D eigenvalue weighted by Crippen LogP contribution is -2.21. The van der Waals surface area contributed by atoms with Crippen LogP contribution in [0.2, 0.25) is 5.15 Å². The van der Waals surface area contributed by atoms with Gasteiger partial charge in [0.1, 0.15) is 5.82 Å². The number of nitrogens with two attached hydrogens (primary N) is 1. The third kappa shape index (κ3) is 4.95. The van der Waals surface area contributed by atoms with Gasteiger partial charge in [0.15, 0.2) is 5.15 Å². The maximum absolute atomic E-state index is 5.55. The van der Waals surface area contributed by atoms with Crippen molar-refractivity contribution in [3.63, 3.8) is 0 Å². The molecule has 2 rings (SSSR count). The molecule has 1 aliphatic rings. The molecule has 0 atom stereocenters. The van der Waals surface area contributed by atoms with Crippen LogP contribution in [0.3, 0.4) is 0 Å². The first kappa shape index (κ1) is 12.2. The maximum atomic E-state index is 5.55. The minimum atomic E-state index is 0.400. The standard InChI is InChI=1S/C5H6ClN3.C5H11N/c1-3-2-4(7)8-9-5(3)6;1-2-4-6-5-3-1/h2H,1H3,(H2,7,8);6H,1-5H2. The Bertz CT molecular complexity index is 288. The van der Waals surface area contributed by atoms with Crippen molar-refractivity contribution in [1.29, 1.82) is 0 Å². The zero-order chi connectivity index (χ0) is 11.1. The van der Waals surface area contributed by atoms with Crippen LogP contribution in [0.4, 0.5) is 5.82 Å². The van der Waals surface area contributed by atoms with Crippen LogP contribution in [0.5, 0.6) is 0 Å². The van der Waals surface area contributed by atoms with Crippen LogP contribution in [0, 0.1) is 6.92 Å². The summed E-state index contributed by atoms with van der Waals surface area (Å²) in [6.07, 6.45) is 4.22. The molecule has 5 heteroatoms. The summed E-state index contributed by atoms with van der Waals surface area (Å²) in [5, 5.41) is 10.8. The highest BCUT2D eigenvalue weighted by Crippen LogP contribution is 2.10. The van der Waals surface area contributed by atoms with E-state index in [-0.39, 0.29) is 0 Å². The van der Waals surface area contributed by atoms with Crippen molar-refractivity contribution in [2.24, 2.45) is 0 Å². The number of rotatable bonds is 0. The number of hydrogen-bond acceptors (Lipinski definition) is 4. The predicted octanol–water partition coefficient (Wildman–Crippen LogP) is 1.78. The normalized spacial score (nSPS) is 15.3. The van der Waals surface area contributed by atoms with E-state index >= 15 is 0 Å². The van der Waals surface area contributed by atoms with Gasteiger partial charge >= 0.3 is 0 Å². The number of anilines is 1. The second kappa shape index (κ2) is 6.58. The van der Waals surface area contributed by atoms with Crippen molar-refractivity contribution in [2.75, 3.05) is 18.8 Å². The number of nitrogen functional groups attached to an aromatic ring is 1. The number of aromatic nitrogens is 2. The van der Waals surface area contributed by atoms with Crippen LogP contribution >= 0.6 is 11.6 Å². The Morgan fingerprint density at radius 1 is 1.27 bits per heavy atom. The number of nitrogens with zero attached hydrogens (tertiary/aromatic N) is 2. The van der Waals surface area contributed by atoms with Crippen molar-refractivity contribution in [2.45, 2.75) is 26.2 Å². The second-order valence-corrected chi connectivity index (χ2v) is 3.91. The van der Waals surface area contributed by atoms with E-state index in [1.165, 1.54) is 32.4 Å². The highest BCUT2D eigenvalue weighted by Gasteiger charge is 1.95. The summed E-state index contributed by atoms with van der Waals surface area (Å²) in [4.78, 5) is 0. The molecule has 84 valence electrons. The lowest BCUT2D eigenvalue weighted by Gasteiger charge is -2.08. The summed E-state index contributed by atoms with van der Waals surface area (Å²) in [7, 11) is 0. The molecule has 0 aromatic carbocycles. The molecule has 2 heterocycles. The Labute approximate surface area is 95.2 Å². The van der Waals surface area contributed by atoms with Crippen molar-refractivity contribution in [1.82, 2.24) is 15.5 Å². The fourth-order valence-electron chi connectivity index (χ4n) is 1.29. The molecule has 15 heavy (non-hydrogen) atoms. The Morgan fingerprint density at radius 3 is 2.27 bits per heavy atom. The topological polar surface area (TPSA) is 63.8 Å². The highest BCUT2D eigenvalue weighted by molar-refractivity contribution is 6.30. The monoisotopic (exact) mass is 228 g/mol. The smallest absolute Gasteiger partial charge is 0.154 e. The Hall–Kier alpha value is -0.870. The van der Waals surface area contributed by atoms with E-state index in [9.17, 15) is 0 Å². The minimum absolute atomic E-state index is 0.400. The van der Waals surface area contributed by atoms with Crippen molar-refractivity contribution in [3.05, 3.63) is 16.8 Å². The first-order chi connectivity index (χ1) is 7.20. The SMILES string of the molecule is C1CCNCC1.Cc1cc(N)nnc1Cl. The lowest BCUT2D eigenvalue weighted by molar-refractivity contribution is 0.520. The first-order valence-electron chi connectivity index (χ1n) is 5.16. The molecule has 0 radical (unpaired) electrons. The average Bonchev–Trinajstić information content (AvgIpc) is 2.27. The summed E-state index contributed by atoms with van der Waals surface area (Å²) >= 11 is 5.55. The molecule has 0 spiro atoms. The zero-order valence-corrected chi connectivity index (χ0v) is 9.72. The van der Waals surface area contributed by atoms with Gasteiger partial charge in [-0.2, -0.15) is 0 Å². The second-order valence-electron chi connectivity index (χ2n) is 3.55. The summed E-state index contributed by atoms with van der Waals surface area (Å²) in [5.74, 6) is 0.400. The number of aryl methyl sites for hydroxylation is 1. The number of nitrogens with one attached hydrogen (secondary N) is 1. The Kier molecular flexibility index (Phi) is 5.36. The molecular weight excluding hydrogens is 212 g/mol. The van der Waals surface area contributed by atoms with Gasteiger partial charge in [-0.15, -0.1) is 10.2 Å². The van der Waals surface area contributed by atoms with Crippen LogP contribution in [-0.4, -0.2) is 23.3 Å². The highest BCUT2D eigenvalue weighted by atomic mass is 35.5. The molecule has 0 saturated carbocycles. The third-order valence-corrected chi connectivity index (χ3v) is 2.52. The van der Waals surface area contributed by atoms with Crippen LogP contribution in [0.15, 0.2) is 6.07 Å². The molecule has 0 unspecified atom stereocenters. The van der Waals surface area contributed by atoms with E-state index in [4.69, 9.17) is 17.3 Å². The quantitative estimate of drug-likeness (QED) is 0.711. The van der Waals surface area contributed by atoms with Crippen molar-refractivity contribution in [3.8, 4) is 0 Å². The van der Waals surface area contributed by atoms with E-state index in [0.29, 0.717) is 11.0 Å². The molecule has 0 aliphatic carbocycles. The first-order valence-corrected chi connectivity index (χ1v) is 5.54. The fraction of sp³-hybridized carbons (Fsp3) is 0.600. The van der Waals surface area contributed by atoms with Crippen LogP contribution in [-0.2, 0) is 0 Å². The maximum Gasteiger partial charge on any atom is 0.154 e. The number of halogens is 1. The molecule has 1 aromatic heterocycles. The predicted molar refractivity (Wildman–Crippen MR) is 62.9 cm³/mol. The van der Waals surface area contributed by atoms with Gasteiger partial charge in [-0.25, -0.2) is 0 Å². The molecule has 3 N–H and O–H groups in total. The third-order valence-electron chi connectivity index (χ3n) is 2.15. The van der Waals surface area contributed by atoms with Gasteiger partial charge in [0.25, 0.3) is 0 Å². The lowest BCUT2D eigenvalue weighted by atomic mass is 10.2. The van der Waals surface area contributed by atoms with Gasteiger partial charge in [-0.3, -0.25) is 0 Å².